The van der Waals surface area contributed by atoms with Crippen molar-refractivity contribution in [2.24, 2.45) is 5.73 Å². The second-order valence-electron chi connectivity index (χ2n) is 5.91. The van der Waals surface area contributed by atoms with E-state index >= 15 is 0 Å². The SMILES string of the molecule is CCCCCCCCCCCCCCCC(=O)NC(N)=O. The summed E-state index contributed by atoms with van der Waals surface area (Å²) >= 11 is 0. The van der Waals surface area contributed by atoms with Crippen LogP contribution in [-0.2, 0) is 4.79 Å². The van der Waals surface area contributed by atoms with Crippen LogP contribution < -0.4 is 11.1 Å². The lowest BCUT2D eigenvalue weighted by molar-refractivity contribution is -0.120. The Morgan fingerprint density at radius 2 is 1.10 bits per heavy atom. The number of carbonyl (C=O) groups excluding carboxylic acids is 2. The molecule has 0 spiro atoms. The fourth-order valence-electron chi connectivity index (χ4n) is 2.50. The maximum atomic E-state index is 11.1. The van der Waals surface area contributed by atoms with Gasteiger partial charge in [0.15, 0.2) is 0 Å². The second-order valence-corrected chi connectivity index (χ2v) is 5.91. The minimum Gasteiger partial charge on any atom is -0.351 e. The number of primary amides is 1. The van der Waals surface area contributed by atoms with Crippen LogP contribution in [0, 0.1) is 0 Å². The van der Waals surface area contributed by atoms with Crippen LogP contribution >= 0.6 is 0 Å². The highest BCUT2D eigenvalue weighted by Gasteiger charge is 2.02. The smallest absolute Gasteiger partial charge is 0.318 e. The third kappa shape index (κ3) is 16.9. The Kier molecular flexibility index (Phi) is 14.6. The molecule has 0 unspecified atom stereocenters. The molecule has 0 radical (unpaired) electrons. The van der Waals surface area contributed by atoms with Crippen molar-refractivity contribution in [3.8, 4) is 0 Å². The van der Waals surface area contributed by atoms with Gasteiger partial charge >= 0.3 is 6.03 Å². The fraction of sp³-hybridized carbons (Fsp3) is 0.882. The summed E-state index contributed by atoms with van der Waals surface area (Å²) < 4.78 is 0. The van der Waals surface area contributed by atoms with E-state index in [1.807, 2.05) is 0 Å². The van der Waals surface area contributed by atoms with E-state index < -0.39 is 6.03 Å². The average Bonchev–Trinajstić information content (AvgIpc) is 2.43. The summed E-state index contributed by atoms with van der Waals surface area (Å²) in [4.78, 5) is 21.6. The van der Waals surface area contributed by atoms with Crippen LogP contribution in [0.1, 0.15) is 96.8 Å². The van der Waals surface area contributed by atoms with Gasteiger partial charge < -0.3 is 5.73 Å². The number of hydrogen-bond donors (Lipinski definition) is 2. The number of hydrogen-bond acceptors (Lipinski definition) is 2. The monoisotopic (exact) mass is 298 g/mol. The quantitative estimate of drug-likeness (QED) is 0.458. The number of carbonyl (C=O) groups is 2. The second kappa shape index (κ2) is 15.3. The summed E-state index contributed by atoms with van der Waals surface area (Å²) in [5.74, 6) is -0.259. The molecule has 0 bridgehead atoms. The largest absolute Gasteiger partial charge is 0.351 e. The molecule has 21 heavy (non-hydrogen) atoms. The van der Waals surface area contributed by atoms with Gasteiger partial charge in [0.2, 0.25) is 5.91 Å². The number of nitrogens with two attached hydrogens (primary N) is 1. The molecule has 3 N–H and O–H groups in total. The number of urea groups is 1. The Morgan fingerprint density at radius 3 is 1.48 bits per heavy atom. The van der Waals surface area contributed by atoms with E-state index in [0.29, 0.717) is 6.42 Å². The first-order valence-corrected chi connectivity index (χ1v) is 8.76. The van der Waals surface area contributed by atoms with Gasteiger partial charge in [-0.05, 0) is 6.42 Å². The first-order chi connectivity index (χ1) is 10.2. The van der Waals surface area contributed by atoms with Gasteiger partial charge in [0, 0.05) is 6.42 Å². The van der Waals surface area contributed by atoms with E-state index in [9.17, 15) is 9.59 Å². The molecule has 0 saturated carbocycles. The minimum absolute atomic E-state index is 0.259. The zero-order chi connectivity index (χ0) is 15.8. The van der Waals surface area contributed by atoms with Gasteiger partial charge in [0.25, 0.3) is 0 Å². The zero-order valence-electron chi connectivity index (χ0n) is 13.8. The lowest BCUT2D eigenvalue weighted by Gasteiger charge is -2.03. The standard InChI is InChI=1S/C17H34N2O2/c1-2-3-4-5-6-7-8-9-10-11-12-13-14-15-16(20)19-17(18)21/h2-15H2,1H3,(H3,18,19,20,21). The molecule has 0 aromatic carbocycles. The molecule has 4 heteroatoms. The van der Waals surface area contributed by atoms with Crippen LogP contribution in [0.5, 0.6) is 0 Å². The number of unbranched alkanes of at least 4 members (excludes halogenated alkanes) is 12. The van der Waals surface area contributed by atoms with Gasteiger partial charge in [-0.15, -0.1) is 0 Å². The lowest BCUT2D eigenvalue weighted by Crippen LogP contribution is -2.34. The Hall–Kier alpha value is -1.06. The van der Waals surface area contributed by atoms with Crippen molar-refractivity contribution < 1.29 is 9.59 Å². The van der Waals surface area contributed by atoms with Crippen molar-refractivity contribution in [2.75, 3.05) is 0 Å². The van der Waals surface area contributed by atoms with E-state index in [4.69, 9.17) is 5.73 Å². The topological polar surface area (TPSA) is 72.2 Å². The number of amides is 3. The number of imide groups is 1. The molecular weight excluding hydrogens is 264 g/mol. The summed E-state index contributed by atoms with van der Waals surface area (Å²) in [6, 6.07) is -0.755. The molecule has 0 aliphatic rings. The highest BCUT2D eigenvalue weighted by atomic mass is 16.2. The Bertz CT molecular complexity index is 268. The molecule has 0 aromatic heterocycles. The third-order valence-electron chi connectivity index (χ3n) is 3.77. The highest BCUT2D eigenvalue weighted by molar-refractivity contribution is 5.93. The normalized spacial score (nSPS) is 10.5. The fourth-order valence-corrected chi connectivity index (χ4v) is 2.50. The summed E-state index contributed by atoms with van der Waals surface area (Å²) in [5, 5.41) is 2.09. The van der Waals surface area contributed by atoms with Gasteiger partial charge in [-0.1, -0.05) is 84.0 Å². The summed E-state index contributed by atoms with van der Waals surface area (Å²) in [5.41, 5.74) is 4.87. The highest BCUT2D eigenvalue weighted by Crippen LogP contribution is 2.12. The molecule has 0 fully saturated rings. The van der Waals surface area contributed by atoms with Crippen LogP contribution in [0.15, 0.2) is 0 Å². The molecule has 0 heterocycles. The number of rotatable bonds is 14. The third-order valence-corrected chi connectivity index (χ3v) is 3.77. The first-order valence-electron chi connectivity index (χ1n) is 8.76. The minimum atomic E-state index is -0.755. The van der Waals surface area contributed by atoms with Crippen LogP contribution in [0.25, 0.3) is 0 Å². The summed E-state index contributed by atoms with van der Waals surface area (Å²) in [6.07, 6.45) is 17.1. The van der Waals surface area contributed by atoms with Crippen molar-refractivity contribution in [1.82, 2.24) is 5.32 Å². The van der Waals surface area contributed by atoms with Crippen molar-refractivity contribution in [1.29, 1.82) is 0 Å². The van der Waals surface area contributed by atoms with E-state index in [-0.39, 0.29) is 5.91 Å². The molecule has 0 atom stereocenters. The van der Waals surface area contributed by atoms with Gasteiger partial charge in [0.1, 0.15) is 0 Å². The molecular formula is C17H34N2O2. The predicted octanol–water partition coefficient (Wildman–Crippen LogP) is 4.66. The molecule has 0 saturated heterocycles. The summed E-state index contributed by atoms with van der Waals surface area (Å²) in [6.45, 7) is 2.25. The van der Waals surface area contributed by atoms with Crippen molar-refractivity contribution >= 4 is 11.9 Å². The van der Waals surface area contributed by atoms with E-state index in [1.165, 1.54) is 70.6 Å². The molecule has 124 valence electrons. The van der Waals surface area contributed by atoms with Crippen molar-refractivity contribution in [3.05, 3.63) is 0 Å². The maximum absolute atomic E-state index is 11.1. The number of nitrogens with one attached hydrogen (secondary N) is 1. The van der Waals surface area contributed by atoms with Crippen LogP contribution in [0.4, 0.5) is 4.79 Å². The van der Waals surface area contributed by atoms with Gasteiger partial charge in [-0.3, -0.25) is 10.1 Å². The maximum Gasteiger partial charge on any atom is 0.318 e. The van der Waals surface area contributed by atoms with Crippen LogP contribution in [0.3, 0.4) is 0 Å². The van der Waals surface area contributed by atoms with Gasteiger partial charge in [-0.2, -0.15) is 0 Å². The van der Waals surface area contributed by atoms with E-state index in [1.54, 1.807) is 0 Å². The molecule has 3 amide bonds. The van der Waals surface area contributed by atoms with E-state index in [0.717, 1.165) is 12.8 Å². The lowest BCUT2D eigenvalue weighted by atomic mass is 10.0. The van der Waals surface area contributed by atoms with Gasteiger partial charge in [0.05, 0.1) is 0 Å². The molecule has 0 aliphatic carbocycles. The summed E-state index contributed by atoms with van der Waals surface area (Å²) in [7, 11) is 0. The Balaban J connectivity index is 3.09. The molecule has 4 nitrogen and oxygen atoms in total. The predicted molar refractivity (Wildman–Crippen MR) is 88.0 cm³/mol. The van der Waals surface area contributed by atoms with E-state index in [2.05, 4.69) is 12.2 Å². The molecule has 0 rings (SSSR count). The van der Waals surface area contributed by atoms with Gasteiger partial charge in [-0.25, -0.2) is 4.79 Å². The molecule has 0 aliphatic heterocycles. The Morgan fingerprint density at radius 1 is 0.714 bits per heavy atom. The first kappa shape index (κ1) is 19.9. The Labute approximate surface area is 130 Å². The van der Waals surface area contributed by atoms with Crippen molar-refractivity contribution in [2.45, 2.75) is 96.8 Å². The van der Waals surface area contributed by atoms with Crippen LogP contribution in [-0.4, -0.2) is 11.9 Å². The average molecular weight is 298 g/mol. The van der Waals surface area contributed by atoms with Crippen molar-refractivity contribution in [3.63, 3.8) is 0 Å². The van der Waals surface area contributed by atoms with Crippen LogP contribution in [0.2, 0.25) is 0 Å². The zero-order valence-corrected chi connectivity index (χ0v) is 13.8. The molecule has 0 aromatic rings.